The van der Waals surface area contributed by atoms with Crippen LogP contribution in [-0.2, 0) is 14.3 Å². The number of carbonyl (C=O) groups excluding carboxylic acids is 3. The third-order valence-electron chi connectivity index (χ3n) is 3.77. The number of hydrogen-bond donors (Lipinski definition) is 0. The summed E-state index contributed by atoms with van der Waals surface area (Å²) in [5.41, 5.74) is 1.18. The van der Waals surface area contributed by atoms with Crippen LogP contribution < -0.4 is 0 Å². The molecule has 126 valence electrons. The first-order valence-electron chi connectivity index (χ1n) is 7.85. The minimum atomic E-state index is -0.634. The van der Waals surface area contributed by atoms with Gasteiger partial charge in [0.2, 0.25) is 0 Å². The highest BCUT2D eigenvalue weighted by Crippen LogP contribution is 2.20. The van der Waals surface area contributed by atoms with Crippen molar-refractivity contribution in [2.75, 3.05) is 6.61 Å². The van der Waals surface area contributed by atoms with Gasteiger partial charge in [-0.05, 0) is 30.3 Å². The van der Waals surface area contributed by atoms with Crippen molar-refractivity contribution in [3.8, 4) is 0 Å². The molecule has 0 saturated heterocycles. The maximum Gasteiger partial charge on any atom is 0.338 e. The van der Waals surface area contributed by atoms with Crippen LogP contribution in [0.3, 0.4) is 0 Å². The van der Waals surface area contributed by atoms with Crippen molar-refractivity contribution in [1.29, 1.82) is 0 Å². The van der Waals surface area contributed by atoms with E-state index in [9.17, 15) is 14.4 Å². The fraction of sp³-hybridized carbons (Fsp3) is 0.150. The minimum Gasteiger partial charge on any atom is -0.457 e. The minimum absolute atomic E-state index is 0.0663. The Morgan fingerprint density at radius 3 is 2.04 bits per heavy atom. The molecule has 0 aromatic heterocycles. The molecule has 0 heterocycles. The lowest BCUT2D eigenvalue weighted by Crippen LogP contribution is -2.15. The summed E-state index contributed by atoms with van der Waals surface area (Å²) in [6, 6.07) is 17.1. The second-order valence-electron chi connectivity index (χ2n) is 5.57. The molecule has 0 amide bonds. The SMILES string of the molecule is O=C1C[C@@H](OC(=O)c2ccccc2)C=C1COC(=O)c1ccccc1. The summed E-state index contributed by atoms with van der Waals surface area (Å²) in [6.07, 6.45) is 0.976. The Hall–Kier alpha value is -3.21. The summed E-state index contributed by atoms with van der Waals surface area (Å²) in [4.78, 5) is 35.9. The molecule has 0 aliphatic heterocycles. The van der Waals surface area contributed by atoms with Crippen LogP contribution in [0.1, 0.15) is 27.1 Å². The fourth-order valence-corrected chi connectivity index (χ4v) is 2.48. The molecule has 0 radical (unpaired) electrons. The van der Waals surface area contributed by atoms with Crippen LogP contribution in [0.4, 0.5) is 0 Å². The molecule has 25 heavy (non-hydrogen) atoms. The van der Waals surface area contributed by atoms with E-state index in [2.05, 4.69) is 0 Å². The lowest BCUT2D eigenvalue weighted by Gasteiger charge is -2.08. The van der Waals surface area contributed by atoms with Crippen molar-refractivity contribution in [3.63, 3.8) is 0 Å². The number of esters is 2. The van der Waals surface area contributed by atoms with E-state index in [4.69, 9.17) is 9.47 Å². The van der Waals surface area contributed by atoms with E-state index in [0.717, 1.165) is 0 Å². The highest BCUT2D eigenvalue weighted by atomic mass is 16.5. The monoisotopic (exact) mass is 336 g/mol. The van der Waals surface area contributed by atoms with Gasteiger partial charge in [-0.3, -0.25) is 4.79 Å². The first kappa shape index (κ1) is 16.6. The van der Waals surface area contributed by atoms with Crippen LogP contribution in [0.2, 0.25) is 0 Å². The van der Waals surface area contributed by atoms with Gasteiger partial charge in [0.1, 0.15) is 12.7 Å². The molecule has 1 atom stereocenters. The molecule has 3 rings (SSSR count). The molecule has 0 bridgehead atoms. The Bertz CT molecular complexity index is 808. The number of ether oxygens (including phenoxy) is 2. The fourth-order valence-electron chi connectivity index (χ4n) is 2.48. The van der Waals surface area contributed by atoms with Crippen molar-refractivity contribution in [3.05, 3.63) is 83.4 Å². The van der Waals surface area contributed by atoms with Gasteiger partial charge >= 0.3 is 11.9 Å². The molecule has 0 unspecified atom stereocenters. The number of hydrogen-bond acceptors (Lipinski definition) is 5. The average Bonchev–Trinajstić information content (AvgIpc) is 3.00. The van der Waals surface area contributed by atoms with E-state index < -0.39 is 18.0 Å². The Balaban J connectivity index is 1.57. The largest absolute Gasteiger partial charge is 0.457 e. The standard InChI is InChI=1S/C20H16O5/c21-18-12-17(25-20(23)15-9-5-2-6-10-15)11-16(18)13-24-19(22)14-7-3-1-4-8-14/h1-11,17H,12-13H2/t17-/m0/s1. The highest BCUT2D eigenvalue weighted by Gasteiger charge is 2.28. The molecule has 1 aliphatic carbocycles. The lowest BCUT2D eigenvalue weighted by molar-refractivity contribution is -0.116. The average molecular weight is 336 g/mol. The number of rotatable bonds is 5. The normalized spacial score (nSPS) is 16.2. The van der Waals surface area contributed by atoms with E-state index in [-0.39, 0.29) is 18.8 Å². The van der Waals surface area contributed by atoms with Gasteiger partial charge in [-0.1, -0.05) is 36.4 Å². The zero-order valence-electron chi connectivity index (χ0n) is 13.4. The van der Waals surface area contributed by atoms with Crippen molar-refractivity contribution >= 4 is 17.7 Å². The number of benzene rings is 2. The predicted molar refractivity (Wildman–Crippen MR) is 90.1 cm³/mol. The van der Waals surface area contributed by atoms with Gasteiger partial charge in [-0.15, -0.1) is 0 Å². The number of ketones is 1. The first-order valence-corrected chi connectivity index (χ1v) is 7.85. The molecule has 0 N–H and O–H groups in total. The van der Waals surface area contributed by atoms with Gasteiger partial charge in [0, 0.05) is 5.57 Å². The molecule has 0 spiro atoms. The maximum absolute atomic E-state index is 12.0. The topological polar surface area (TPSA) is 69.7 Å². The van der Waals surface area contributed by atoms with Crippen LogP contribution >= 0.6 is 0 Å². The Morgan fingerprint density at radius 2 is 1.44 bits per heavy atom. The maximum atomic E-state index is 12.0. The molecular weight excluding hydrogens is 320 g/mol. The van der Waals surface area contributed by atoms with E-state index >= 15 is 0 Å². The van der Waals surface area contributed by atoms with E-state index in [1.165, 1.54) is 0 Å². The zero-order valence-corrected chi connectivity index (χ0v) is 13.4. The summed E-state index contributed by atoms with van der Waals surface area (Å²) in [5, 5.41) is 0. The summed E-state index contributed by atoms with van der Waals surface area (Å²) in [6.45, 7) is -0.133. The summed E-state index contributed by atoms with van der Waals surface area (Å²) in [7, 11) is 0. The Labute approximate surface area is 144 Å². The molecule has 1 aliphatic rings. The highest BCUT2D eigenvalue weighted by molar-refractivity contribution is 6.00. The quantitative estimate of drug-likeness (QED) is 0.785. The third kappa shape index (κ3) is 4.20. The Kier molecular flexibility index (Phi) is 5.04. The van der Waals surface area contributed by atoms with Crippen LogP contribution in [-0.4, -0.2) is 30.4 Å². The first-order chi connectivity index (χ1) is 12.1. The van der Waals surface area contributed by atoms with Crippen molar-refractivity contribution in [1.82, 2.24) is 0 Å². The van der Waals surface area contributed by atoms with E-state index in [0.29, 0.717) is 16.7 Å². The van der Waals surface area contributed by atoms with Gasteiger partial charge in [-0.25, -0.2) is 9.59 Å². The molecule has 0 fully saturated rings. The van der Waals surface area contributed by atoms with Gasteiger partial charge in [0.25, 0.3) is 0 Å². The second-order valence-corrected chi connectivity index (χ2v) is 5.57. The van der Waals surface area contributed by atoms with Crippen molar-refractivity contribution < 1.29 is 23.9 Å². The third-order valence-corrected chi connectivity index (χ3v) is 3.77. The van der Waals surface area contributed by atoms with Gasteiger partial charge in [0.05, 0.1) is 17.5 Å². The molecule has 5 nitrogen and oxygen atoms in total. The van der Waals surface area contributed by atoms with Crippen molar-refractivity contribution in [2.45, 2.75) is 12.5 Å². The number of Topliss-reactive ketones (excluding diaryl/α,β-unsaturated/α-hetero) is 1. The Morgan fingerprint density at radius 1 is 0.880 bits per heavy atom. The van der Waals surface area contributed by atoms with Crippen LogP contribution in [0.25, 0.3) is 0 Å². The van der Waals surface area contributed by atoms with Crippen LogP contribution in [0.15, 0.2) is 72.3 Å². The predicted octanol–water partition coefficient (Wildman–Crippen LogP) is 2.97. The molecule has 0 saturated carbocycles. The molecule has 2 aromatic carbocycles. The van der Waals surface area contributed by atoms with E-state index in [1.54, 1.807) is 66.7 Å². The van der Waals surface area contributed by atoms with Crippen LogP contribution in [0.5, 0.6) is 0 Å². The molecule has 5 heteroatoms. The van der Waals surface area contributed by atoms with Crippen molar-refractivity contribution in [2.24, 2.45) is 0 Å². The number of carbonyl (C=O) groups is 3. The van der Waals surface area contributed by atoms with Gasteiger partial charge < -0.3 is 9.47 Å². The summed E-state index contributed by atoms with van der Waals surface area (Å²) in [5.74, 6) is -1.18. The van der Waals surface area contributed by atoms with Gasteiger partial charge in [0.15, 0.2) is 5.78 Å². The molecule has 2 aromatic rings. The summed E-state index contributed by atoms with van der Waals surface area (Å²) < 4.78 is 10.5. The molecular formula is C20H16O5. The van der Waals surface area contributed by atoms with E-state index in [1.807, 2.05) is 0 Å². The zero-order chi connectivity index (χ0) is 17.6. The second kappa shape index (κ2) is 7.57. The lowest BCUT2D eigenvalue weighted by atomic mass is 10.2. The smallest absolute Gasteiger partial charge is 0.338 e. The summed E-state index contributed by atoms with van der Waals surface area (Å²) >= 11 is 0. The van der Waals surface area contributed by atoms with Crippen LogP contribution in [0, 0.1) is 0 Å². The van der Waals surface area contributed by atoms with Gasteiger partial charge in [-0.2, -0.15) is 0 Å².